The molecule has 0 atom stereocenters. The highest BCUT2D eigenvalue weighted by atomic mass is 16.1. The first-order valence-corrected chi connectivity index (χ1v) is 9.96. The van der Waals surface area contributed by atoms with Crippen LogP contribution in [0.2, 0.25) is 0 Å². The first-order chi connectivity index (χ1) is 15.5. The van der Waals surface area contributed by atoms with E-state index in [0.717, 1.165) is 18.8 Å². The summed E-state index contributed by atoms with van der Waals surface area (Å²) < 4.78 is 1.40. The van der Waals surface area contributed by atoms with Crippen molar-refractivity contribution in [3.63, 3.8) is 0 Å². The van der Waals surface area contributed by atoms with Crippen LogP contribution in [-0.4, -0.2) is 22.0 Å². The molecule has 0 saturated heterocycles. The smallest absolute Gasteiger partial charge is 0.251 e. The fraction of sp³-hybridized carbons (Fsp3) is 0.217. The molecule has 1 N–H and O–H groups in total. The standard InChI is InChI=1S/C23H22N8O/c1-4-31(15-17-8-6-5-7-9-17)18-10-11-19(20(12-18)26-16(2)32)28-29-23-27-21(13-24)22(14-25)30(23)3/h5-12H,4,15H2,1-3H3,(H,26,32). The van der Waals surface area contributed by atoms with E-state index in [0.29, 0.717) is 11.4 Å². The highest BCUT2D eigenvalue weighted by Crippen LogP contribution is 2.32. The summed E-state index contributed by atoms with van der Waals surface area (Å²) >= 11 is 0. The molecule has 2 aromatic carbocycles. The van der Waals surface area contributed by atoms with Gasteiger partial charge >= 0.3 is 0 Å². The Morgan fingerprint density at radius 3 is 2.50 bits per heavy atom. The predicted octanol–water partition coefficient (Wildman–Crippen LogP) is 4.56. The molecule has 0 aliphatic carbocycles. The second-order valence-corrected chi connectivity index (χ2v) is 6.97. The first-order valence-electron chi connectivity index (χ1n) is 9.96. The lowest BCUT2D eigenvalue weighted by Gasteiger charge is -2.24. The van der Waals surface area contributed by atoms with Crippen molar-refractivity contribution < 1.29 is 4.79 Å². The molecule has 0 bridgehead atoms. The van der Waals surface area contributed by atoms with Crippen LogP contribution in [0.5, 0.6) is 0 Å². The second-order valence-electron chi connectivity index (χ2n) is 6.97. The molecular formula is C23H22N8O. The van der Waals surface area contributed by atoms with Crippen molar-refractivity contribution in [2.24, 2.45) is 17.3 Å². The number of nitrogens with zero attached hydrogens (tertiary/aromatic N) is 7. The van der Waals surface area contributed by atoms with Crippen LogP contribution < -0.4 is 10.2 Å². The molecule has 0 spiro atoms. The Kier molecular flexibility index (Phi) is 6.94. The number of azo groups is 1. The van der Waals surface area contributed by atoms with Gasteiger partial charge in [-0.25, -0.2) is 0 Å². The van der Waals surface area contributed by atoms with Gasteiger partial charge in [0.05, 0.1) is 5.69 Å². The Balaban J connectivity index is 1.94. The molecule has 0 radical (unpaired) electrons. The number of nitriles is 2. The minimum absolute atomic E-state index is 0.0131. The Labute approximate surface area is 186 Å². The van der Waals surface area contributed by atoms with Crippen molar-refractivity contribution in [1.29, 1.82) is 10.5 Å². The van der Waals surface area contributed by atoms with Gasteiger partial charge in [0.2, 0.25) is 5.91 Å². The number of carbonyl (C=O) groups excluding carboxylic acids is 1. The Morgan fingerprint density at radius 2 is 1.91 bits per heavy atom. The summed E-state index contributed by atoms with van der Waals surface area (Å²) in [6.45, 7) is 4.98. The van der Waals surface area contributed by atoms with Gasteiger partial charge in [0, 0.05) is 32.7 Å². The SMILES string of the molecule is CCN(Cc1ccccc1)c1ccc(N=Nc2nc(C#N)c(C#N)n2C)c(NC(C)=O)c1. The maximum Gasteiger partial charge on any atom is 0.251 e. The van der Waals surface area contributed by atoms with Crippen LogP contribution >= 0.6 is 0 Å². The van der Waals surface area contributed by atoms with Gasteiger partial charge in [-0.3, -0.25) is 4.79 Å². The lowest BCUT2D eigenvalue weighted by atomic mass is 10.1. The molecular weight excluding hydrogens is 404 g/mol. The minimum Gasteiger partial charge on any atom is -0.367 e. The van der Waals surface area contributed by atoms with Crippen molar-refractivity contribution in [2.75, 3.05) is 16.8 Å². The van der Waals surface area contributed by atoms with Gasteiger partial charge in [0.25, 0.3) is 5.95 Å². The third-order valence-electron chi connectivity index (χ3n) is 4.78. The van der Waals surface area contributed by atoms with E-state index in [-0.39, 0.29) is 23.2 Å². The molecule has 32 heavy (non-hydrogen) atoms. The van der Waals surface area contributed by atoms with Crippen LogP contribution in [0.25, 0.3) is 0 Å². The summed E-state index contributed by atoms with van der Waals surface area (Å²) in [4.78, 5) is 18.0. The van der Waals surface area contributed by atoms with Crippen molar-refractivity contribution in [3.8, 4) is 12.1 Å². The number of hydrogen-bond acceptors (Lipinski definition) is 7. The molecule has 3 rings (SSSR count). The quantitative estimate of drug-likeness (QED) is 0.555. The average Bonchev–Trinajstić information content (AvgIpc) is 3.11. The number of aromatic nitrogens is 2. The number of carbonyl (C=O) groups is 1. The summed E-state index contributed by atoms with van der Waals surface area (Å²) in [7, 11) is 1.58. The van der Waals surface area contributed by atoms with Crippen LogP contribution in [0, 0.1) is 22.7 Å². The normalized spacial score (nSPS) is 10.5. The maximum atomic E-state index is 11.8. The van der Waals surface area contributed by atoms with Gasteiger partial charge in [-0.1, -0.05) is 30.3 Å². The molecule has 0 aliphatic heterocycles. The van der Waals surface area contributed by atoms with E-state index < -0.39 is 0 Å². The van der Waals surface area contributed by atoms with Gasteiger partial charge in [-0.15, -0.1) is 10.2 Å². The second kappa shape index (κ2) is 10.0. The molecule has 0 unspecified atom stereocenters. The fourth-order valence-electron chi connectivity index (χ4n) is 3.17. The number of amides is 1. The highest BCUT2D eigenvalue weighted by molar-refractivity contribution is 5.93. The summed E-state index contributed by atoms with van der Waals surface area (Å²) in [5.74, 6) is -0.115. The van der Waals surface area contributed by atoms with Gasteiger partial charge in [0.15, 0.2) is 11.4 Å². The van der Waals surface area contributed by atoms with Crippen molar-refractivity contribution in [3.05, 3.63) is 65.5 Å². The number of nitrogens with one attached hydrogen (secondary N) is 1. The summed E-state index contributed by atoms with van der Waals surface area (Å²) in [6, 6.07) is 19.4. The van der Waals surface area contributed by atoms with Crippen LogP contribution in [-0.2, 0) is 18.4 Å². The van der Waals surface area contributed by atoms with Crippen molar-refractivity contribution in [1.82, 2.24) is 9.55 Å². The zero-order valence-corrected chi connectivity index (χ0v) is 18.1. The van der Waals surface area contributed by atoms with E-state index in [9.17, 15) is 10.1 Å². The predicted molar refractivity (Wildman–Crippen MR) is 121 cm³/mol. The molecule has 0 saturated carbocycles. The summed E-state index contributed by atoms with van der Waals surface area (Å²) in [6.07, 6.45) is 0. The van der Waals surface area contributed by atoms with E-state index >= 15 is 0 Å². The number of benzene rings is 2. The van der Waals surface area contributed by atoms with Crippen LogP contribution in [0.15, 0.2) is 58.8 Å². The highest BCUT2D eigenvalue weighted by Gasteiger charge is 2.15. The number of anilines is 2. The minimum atomic E-state index is -0.236. The Bertz CT molecular complexity index is 1230. The van der Waals surface area contributed by atoms with Gasteiger partial charge < -0.3 is 14.8 Å². The zero-order chi connectivity index (χ0) is 23.1. The molecule has 1 amide bonds. The molecule has 160 valence electrons. The third kappa shape index (κ3) is 4.97. The fourth-order valence-corrected chi connectivity index (χ4v) is 3.17. The lowest BCUT2D eigenvalue weighted by Crippen LogP contribution is -2.22. The van der Waals surface area contributed by atoms with Crippen molar-refractivity contribution >= 4 is 28.9 Å². The summed E-state index contributed by atoms with van der Waals surface area (Å²) in [5.41, 5.74) is 3.13. The van der Waals surface area contributed by atoms with E-state index in [2.05, 4.69) is 44.5 Å². The maximum absolute atomic E-state index is 11.8. The van der Waals surface area contributed by atoms with E-state index in [1.54, 1.807) is 13.1 Å². The lowest BCUT2D eigenvalue weighted by molar-refractivity contribution is -0.114. The molecule has 9 heteroatoms. The monoisotopic (exact) mass is 426 g/mol. The van der Waals surface area contributed by atoms with Crippen LogP contribution in [0.1, 0.15) is 30.8 Å². The summed E-state index contributed by atoms with van der Waals surface area (Å²) in [5, 5.41) is 29.4. The molecule has 1 heterocycles. The number of hydrogen-bond donors (Lipinski definition) is 1. The molecule has 3 aromatic rings. The molecule has 0 fully saturated rings. The molecule has 9 nitrogen and oxygen atoms in total. The zero-order valence-electron chi connectivity index (χ0n) is 18.1. The molecule has 1 aromatic heterocycles. The average molecular weight is 426 g/mol. The molecule has 0 aliphatic rings. The Hall–Kier alpha value is -4.50. The Morgan fingerprint density at radius 1 is 1.16 bits per heavy atom. The van der Waals surface area contributed by atoms with E-state index in [4.69, 9.17) is 5.26 Å². The number of imidazole rings is 1. The van der Waals surface area contributed by atoms with Gasteiger partial charge in [0.1, 0.15) is 17.8 Å². The van der Waals surface area contributed by atoms with Gasteiger partial charge in [-0.2, -0.15) is 15.5 Å². The van der Waals surface area contributed by atoms with Crippen LogP contribution in [0.4, 0.5) is 23.0 Å². The van der Waals surface area contributed by atoms with Gasteiger partial charge in [-0.05, 0) is 30.7 Å². The third-order valence-corrected chi connectivity index (χ3v) is 4.78. The first kappa shape index (κ1) is 22.2. The van der Waals surface area contributed by atoms with Crippen LogP contribution in [0.3, 0.4) is 0 Å². The van der Waals surface area contributed by atoms with E-state index in [1.165, 1.54) is 17.1 Å². The van der Waals surface area contributed by atoms with Crippen molar-refractivity contribution in [2.45, 2.75) is 20.4 Å². The largest absolute Gasteiger partial charge is 0.367 e. The van der Waals surface area contributed by atoms with E-state index in [1.807, 2.05) is 42.5 Å². The number of rotatable bonds is 7. The topological polar surface area (TPSA) is 122 Å².